The van der Waals surface area contributed by atoms with Crippen molar-refractivity contribution >= 4 is 0 Å². The minimum atomic E-state index is 0.0737. The molecule has 1 aromatic carbocycles. The second-order valence-electron chi connectivity index (χ2n) is 7.37. The van der Waals surface area contributed by atoms with Crippen molar-refractivity contribution in [1.82, 2.24) is 4.98 Å². The molecule has 0 bridgehead atoms. The van der Waals surface area contributed by atoms with Crippen LogP contribution in [0.25, 0.3) is 11.3 Å². The summed E-state index contributed by atoms with van der Waals surface area (Å²) in [6, 6.07) is 14.5. The Morgan fingerprint density at radius 1 is 0.966 bits per heavy atom. The van der Waals surface area contributed by atoms with Crippen LogP contribution in [-0.4, -0.2) is 24.8 Å². The van der Waals surface area contributed by atoms with Crippen LogP contribution in [0.1, 0.15) is 57.9 Å². The predicted octanol–water partition coefficient (Wildman–Crippen LogP) is 6.21. The summed E-state index contributed by atoms with van der Waals surface area (Å²) >= 11 is 0. The molecule has 0 saturated heterocycles. The second kappa shape index (κ2) is 13.7. The highest BCUT2D eigenvalue weighted by molar-refractivity contribution is 5.60. The number of nitriles is 1. The number of pyridine rings is 1. The van der Waals surface area contributed by atoms with Gasteiger partial charge >= 0.3 is 0 Å². The van der Waals surface area contributed by atoms with Crippen LogP contribution in [0.3, 0.4) is 0 Å². The summed E-state index contributed by atoms with van der Waals surface area (Å²) in [4.78, 5) is 4.61. The van der Waals surface area contributed by atoms with E-state index < -0.39 is 0 Å². The van der Waals surface area contributed by atoms with E-state index in [0.717, 1.165) is 62.3 Å². The third kappa shape index (κ3) is 8.66. The zero-order valence-electron chi connectivity index (χ0n) is 17.9. The van der Waals surface area contributed by atoms with Gasteiger partial charge in [-0.3, -0.25) is 4.98 Å². The molecule has 0 radical (unpaired) electrons. The molecular formula is C25H34N2O2. The molecule has 4 heteroatoms. The predicted molar refractivity (Wildman–Crippen MR) is 118 cm³/mol. The quantitative estimate of drug-likeness (QED) is 0.358. The SMILES string of the molecule is CCCCCOCCCc1ccc(-c2ccc(OCCC(C#N)CC)cc2)nc1. The van der Waals surface area contributed by atoms with Gasteiger partial charge in [0.15, 0.2) is 0 Å². The number of hydrogen-bond donors (Lipinski definition) is 0. The van der Waals surface area contributed by atoms with Crippen molar-refractivity contribution in [3.63, 3.8) is 0 Å². The average Bonchev–Trinajstić information content (AvgIpc) is 2.77. The maximum atomic E-state index is 8.99. The molecule has 1 aromatic heterocycles. The summed E-state index contributed by atoms with van der Waals surface area (Å²) in [6.07, 6.45) is 9.27. The first-order valence-corrected chi connectivity index (χ1v) is 10.9. The molecule has 4 nitrogen and oxygen atoms in total. The lowest BCUT2D eigenvalue weighted by Gasteiger charge is -2.09. The Hall–Kier alpha value is -2.38. The summed E-state index contributed by atoms with van der Waals surface area (Å²) in [7, 11) is 0. The van der Waals surface area contributed by atoms with E-state index in [0.29, 0.717) is 6.61 Å². The molecule has 1 heterocycles. The van der Waals surface area contributed by atoms with Crippen molar-refractivity contribution < 1.29 is 9.47 Å². The van der Waals surface area contributed by atoms with Crippen LogP contribution >= 0.6 is 0 Å². The van der Waals surface area contributed by atoms with Crippen LogP contribution in [0.4, 0.5) is 0 Å². The van der Waals surface area contributed by atoms with E-state index >= 15 is 0 Å². The molecule has 0 amide bonds. The third-order valence-electron chi connectivity index (χ3n) is 5.03. The summed E-state index contributed by atoms with van der Waals surface area (Å²) in [6.45, 7) is 6.51. The molecule has 1 atom stereocenters. The van der Waals surface area contributed by atoms with Gasteiger partial charge in [-0.2, -0.15) is 5.26 Å². The first kappa shape index (κ1) is 22.9. The molecule has 2 rings (SSSR count). The van der Waals surface area contributed by atoms with Crippen LogP contribution in [-0.2, 0) is 11.2 Å². The summed E-state index contributed by atoms with van der Waals surface area (Å²) in [5, 5.41) is 8.99. The molecular weight excluding hydrogens is 360 g/mol. The van der Waals surface area contributed by atoms with Gasteiger partial charge in [0.05, 0.1) is 18.4 Å². The molecule has 0 N–H and O–H groups in total. The van der Waals surface area contributed by atoms with Crippen molar-refractivity contribution in [3.8, 4) is 23.1 Å². The topological polar surface area (TPSA) is 55.1 Å². The molecule has 1 unspecified atom stereocenters. The largest absolute Gasteiger partial charge is 0.494 e. The van der Waals surface area contributed by atoms with Gasteiger partial charge in [0.1, 0.15) is 5.75 Å². The van der Waals surface area contributed by atoms with E-state index in [1.807, 2.05) is 37.4 Å². The van der Waals surface area contributed by atoms with Crippen LogP contribution < -0.4 is 4.74 Å². The van der Waals surface area contributed by atoms with Crippen molar-refractivity contribution in [2.75, 3.05) is 19.8 Å². The van der Waals surface area contributed by atoms with Gasteiger partial charge in [0, 0.05) is 30.9 Å². The van der Waals surface area contributed by atoms with E-state index in [1.165, 1.54) is 18.4 Å². The highest BCUT2D eigenvalue weighted by atomic mass is 16.5. The van der Waals surface area contributed by atoms with Crippen molar-refractivity contribution in [2.24, 2.45) is 5.92 Å². The molecule has 0 spiro atoms. The lowest BCUT2D eigenvalue weighted by Crippen LogP contribution is -2.04. The minimum Gasteiger partial charge on any atom is -0.494 e. The lowest BCUT2D eigenvalue weighted by atomic mass is 10.1. The molecule has 156 valence electrons. The zero-order valence-corrected chi connectivity index (χ0v) is 17.9. The van der Waals surface area contributed by atoms with Crippen LogP contribution in [0, 0.1) is 17.2 Å². The van der Waals surface area contributed by atoms with E-state index in [-0.39, 0.29) is 5.92 Å². The first-order chi connectivity index (χ1) is 14.3. The standard InChI is InChI=1S/C25H34N2O2/c1-3-5-6-16-28-17-7-8-22-9-14-25(27-20-22)23-10-12-24(13-11-23)29-18-15-21(4-2)19-26/h9-14,20-21H,3-8,15-18H2,1-2H3. The monoisotopic (exact) mass is 394 g/mol. The molecule has 0 aliphatic heterocycles. The van der Waals surface area contributed by atoms with Gasteiger partial charge in [-0.1, -0.05) is 32.8 Å². The van der Waals surface area contributed by atoms with E-state index in [1.54, 1.807) is 0 Å². The number of nitrogens with zero attached hydrogens (tertiary/aromatic N) is 2. The van der Waals surface area contributed by atoms with Crippen molar-refractivity contribution in [3.05, 3.63) is 48.2 Å². The number of rotatable bonds is 14. The van der Waals surface area contributed by atoms with E-state index in [4.69, 9.17) is 14.7 Å². The fraction of sp³-hybridized carbons (Fsp3) is 0.520. The Kier molecular flexibility index (Phi) is 10.9. The average molecular weight is 395 g/mol. The van der Waals surface area contributed by atoms with Gasteiger partial charge in [-0.25, -0.2) is 0 Å². The lowest BCUT2D eigenvalue weighted by molar-refractivity contribution is 0.128. The summed E-state index contributed by atoms with van der Waals surface area (Å²) < 4.78 is 11.4. The Balaban J connectivity index is 1.74. The number of hydrogen-bond acceptors (Lipinski definition) is 4. The van der Waals surface area contributed by atoms with E-state index in [2.05, 4.69) is 30.1 Å². The van der Waals surface area contributed by atoms with Crippen LogP contribution in [0.2, 0.25) is 0 Å². The molecule has 29 heavy (non-hydrogen) atoms. The minimum absolute atomic E-state index is 0.0737. The van der Waals surface area contributed by atoms with Crippen molar-refractivity contribution in [1.29, 1.82) is 5.26 Å². The second-order valence-corrected chi connectivity index (χ2v) is 7.37. The molecule has 0 aliphatic carbocycles. The van der Waals surface area contributed by atoms with Crippen LogP contribution in [0.5, 0.6) is 5.75 Å². The van der Waals surface area contributed by atoms with Gasteiger partial charge < -0.3 is 9.47 Å². The normalized spacial score (nSPS) is 11.8. The van der Waals surface area contributed by atoms with Gasteiger partial charge in [-0.05, 0) is 68.0 Å². The van der Waals surface area contributed by atoms with Crippen LogP contribution in [0.15, 0.2) is 42.6 Å². The van der Waals surface area contributed by atoms with E-state index in [9.17, 15) is 0 Å². The molecule has 2 aromatic rings. The third-order valence-corrected chi connectivity index (χ3v) is 5.03. The number of aromatic nitrogens is 1. The Bertz CT molecular complexity index is 720. The fourth-order valence-corrected chi connectivity index (χ4v) is 3.08. The fourth-order valence-electron chi connectivity index (χ4n) is 3.08. The first-order valence-electron chi connectivity index (χ1n) is 10.9. The molecule has 0 saturated carbocycles. The Labute approximate surface area is 175 Å². The number of unbranched alkanes of at least 4 members (excludes halogenated alkanes) is 2. The molecule has 0 aliphatic rings. The van der Waals surface area contributed by atoms with Gasteiger partial charge in [-0.15, -0.1) is 0 Å². The Morgan fingerprint density at radius 3 is 2.41 bits per heavy atom. The number of benzene rings is 1. The summed E-state index contributed by atoms with van der Waals surface area (Å²) in [5.74, 6) is 0.904. The van der Waals surface area contributed by atoms with Gasteiger partial charge in [0.25, 0.3) is 0 Å². The van der Waals surface area contributed by atoms with Crippen molar-refractivity contribution in [2.45, 2.75) is 58.8 Å². The number of aryl methyl sites for hydroxylation is 1. The Morgan fingerprint density at radius 2 is 1.76 bits per heavy atom. The highest BCUT2D eigenvalue weighted by Gasteiger charge is 2.05. The maximum Gasteiger partial charge on any atom is 0.119 e. The summed E-state index contributed by atoms with van der Waals surface area (Å²) in [5.41, 5.74) is 3.28. The maximum absolute atomic E-state index is 8.99. The smallest absolute Gasteiger partial charge is 0.119 e. The highest BCUT2D eigenvalue weighted by Crippen LogP contribution is 2.21. The zero-order chi connectivity index (χ0) is 20.7. The molecule has 0 fully saturated rings. The van der Waals surface area contributed by atoms with Gasteiger partial charge in [0.2, 0.25) is 0 Å². The number of ether oxygens (including phenoxy) is 2.